The Labute approximate surface area is 111 Å². The minimum Gasteiger partial charge on any atom is -0.466 e. The van der Waals surface area contributed by atoms with Crippen molar-refractivity contribution in [3.05, 3.63) is 28.8 Å². The van der Waals surface area contributed by atoms with E-state index in [9.17, 15) is 0 Å². The summed E-state index contributed by atoms with van der Waals surface area (Å²) >= 11 is 10.9. The lowest BCUT2D eigenvalue weighted by atomic mass is 10.2. The Morgan fingerprint density at radius 3 is 2.82 bits per heavy atom. The van der Waals surface area contributed by atoms with Crippen LogP contribution in [0.15, 0.2) is 18.2 Å². The van der Waals surface area contributed by atoms with Crippen LogP contribution < -0.4 is 10.5 Å². The fourth-order valence-corrected chi connectivity index (χ4v) is 1.74. The molecule has 1 fully saturated rings. The molecular formula is C12H14ClNO2S. The quantitative estimate of drug-likeness (QED) is 0.491. The van der Waals surface area contributed by atoms with E-state index in [2.05, 4.69) is 0 Å². The predicted octanol–water partition coefficient (Wildman–Crippen LogP) is 2.74. The molecule has 0 bridgehead atoms. The average Bonchev–Trinajstić information content (AvgIpc) is 3.09. The highest BCUT2D eigenvalue weighted by molar-refractivity contribution is 7.80. The fourth-order valence-electron chi connectivity index (χ4n) is 1.38. The number of hydrogen-bond donors (Lipinski definition) is 1. The monoisotopic (exact) mass is 271 g/mol. The van der Waals surface area contributed by atoms with Crippen LogP contribution in [0.4, 0.5) is 0 Å². The molecule has 1 aliphatic rings. The predicted molar refractivity (Wildman–Crippen MR) is 71.5 cm³/mol. The smallest absolute Gasteiger partial charge is 0.189 e. The SMILES string of the molecule is NC(=S)c1ccc(OCOCC2CC2)c(Cl)c1. The second kappa shape index (κ2) is 5.67. The molecule has 17 heavy (non-hydrogen) atoms. The highest BCUT2D eigenvalue weighted by Crippen LogP contribution is 2.29. The largest absolute Gasteiger partial charge is 0.466 e. The molecule has 2 rings (SSSR count). The first-order valence-electron chi connectivity index (χ1n) is 5.46. The van der Waals surface area contributed by atoms with Crippen molar-refractivity contribution in [2.45, 2.75) is 12.8 Å². The van der Waals surface area contributed by atoms with E-state index < -0.39 is 0 Å². The van der Waals surface area contributed by atoms with Gasteiger partial charge in [-0.15, -0.1) is 0 Å². The first kappa shape index (κ1) is 12.6. The molecule has 0 heterocycles. The van der Waals surface area contributed by atoms with Crippen molar-refractivity contribution in [2.24, 2.45) is 11.7 Å². The molecule has 0 spiro atoms. The van der Waals surface area contributed by atoms with Crippen LogP contribution >= 0.6 is 23.8 Å². The van der Waals surface area contributed by atoms with Gasteiger partial charge in [0.05, 0.1) is 11.6 Å². The summed E-state index contributed by atoms with van der Waals surface area (Å²) in [7, 11) is 0. The molecule has 92 valence electrons. The molecule has 1 aromatic carbocycles. The Kier molecular flexibility index (Phi) is 4.20. The van der Waals surface area contributed by atoms with Gasteiger partial charge in [-0.2, -0.15) is 0 Å². The van der Waals surface area contributed by atoms with Gasteiger partial charge in [-0.25, -0.2) is 0 Å². The van der Waals surface area contributed by atoms with Crippen LogP contribution in [-0.2, 0) is 4.74 Å². The van der Waals surface area contributed by atoms with Crippen LogP contribution in [0.1, 0.15) is 18.4 Å². The summed E-state index contributed by atoms with van der Waals surface area (Å²) in [4.78, 5) is 0.323. The van der Waals surface area contributed by atoms with Crippen LogP contribution in [0.5, 0.6) is 5.75 Å². The van der Waals surface area contributed by atoms with Crippen molar-refractivity contribution in [1.82, 2.24) is 0 Å². The molecule has 0 aliphatic heterocycles. The maximum atomic E-state index is 6.03. The summed E-state index contributed by atoms with van der Waals surface area (Å²) in [6, 6.07) is 5.22. The standard InChI is InChI=1S/C12H14ClNO2S/c13-10-5-9(12(14)17)3-4-11(10)16-7-15-6-8-1-2-8/h3-5,8H,1-2,6-7H2,(H2,14,17). The molecule has 1 aromatic rings. The lowest BCUT2D eigenvalue weighted by molar-refractivity contribution is 0.0100. The lowest BCUT2D eigenvalue weighted by Gasteiger charge is -2.09. The Morgan fingerprint density at radius 1 is 1.47 bits per heavy atom. The summed E-state index contributed by atoms with van der Waals surface area (Å²) in [5.74, 6) is 1.31. The van der Waals surface area contributed by atoms with Gasteiger partial charge in [0.25, 0.3) is 0 Å². The lowest BCUT2D eigenvalue weighted by Crippen LogP contribution is -2.10. The number of ether oxygens (including phenoxy) is 2. The third kappa shape index (κ3) is 3.84. The molecule has 1 aliphatic carbocycles. The van der Waals surface area contributed by atoms with Gasteiger partial charge in [-0.05, 0) is 37.0 Å². The first-order chi connectivity index (χ1) is 8.16. The highest BCUT2D eigenvalue weighted by atomic mass is 35.5. The third-order valence-electron chi connectivity index (χ3n) is 2.56. The Hall–Kier alpha value is -0.840. The maximum Gasteiger partial charge on any atom is 0.189 e. The van der Waals surface area contributed by atoms with Crippen LogP contribution in [-0.4, -0.2) is 18.4 Å². The second-order valence-corrected chi connectivity index (χ2v) is 4.93. The normalized spacial score (nSPS) is 14.6. The first-order valence-corrected chi connectivity index (χ1v) is 6.25. The van der Waals surface area contributed by atoms with Crippen molar-refractivity contribution >= 4 is 28.8 Å². The minimum absolute atomic E-state index is 0.225. The third-order valence-corrected chi connectivity index (χ3v) is 3.10. The zero-order valence-corrected chi connectivity index (χ0v) is 10.9. The van der Waals surface area contributed by atoms with Crippen LogP contribution in [0, 0.1) is 5.92 Å². The molecule has 5 heteroatoms. The van der Waals surface area contributed by atoms with Gasteiger partial charge in [-0.3, -0.25) is 0 Å². The number of hydrogen-bond acceptors (Lipinski definition) is 3. The van der Waals surface area contributed by atoms with Gasteiger partial charge >= 0.3 is 0 Å². The van der Waals surface area contributed by atoms with E-state index in [4.69, 9.17) is 39.0 Å². The molecule has 2 N–H and O–H groups in total. The van der Waals surface area contributed by atoms with E-state index in [-0.39, 0.29) is 6.79 Å². The molecule has 0 aromatic heterocycles. The van der Waals surface area contributed by atoms with E-state index in [1.165, 1.54) is 12.8 Å². The molecule has 0 radical (unpaired) electrons. The van der Waals surface area contributed by atoms with Crippen molar-refractivity contribution in [3.63, 3.8) is 0 Å². The number of halogens is 1. The van der Waals surface area contributed by atoms with Gasteiger partial charge in [0, 0.05) is 5.56 Å². The zero-order chi connectivity index (χ0) is 12.3. The Morgan fingerprint density at radius 2 is 2.24 bits per heavy atom. The van der Waals surface area contributed by atoms with Gasteiger partial charge in [-0.1, -0.05) is 23.8 Å². The van der Waals surface area contributed by atoms with E-state index in [1.807, 2.05) is 0 Å². The topological polar surface area (TPSA) is 44.5 Å². The van der Waals surface area contributed by atoms with Gasteiger partial charge < -0.3 is 15.2 Å². The number of benzene rings is 1. The summed E-state index contributed by atoms with van der Waals surface area (Å²) in [5, 5.41) is 0.491. The van der Waals surface area contributed by atoms with Crippen LogP contribution in [0.3, 0.4) is 0 Å². The maximum absolute atomic E-state index is 6.03. The summed E-state index contributed by atoms with van der Waals surface area (Å²) in [5.41, 5.74) is 6.23. The van der Waals surface area contributed by atoms with Gasteiger partial charge in [0.15, 0.2) is 6.79 Å². The van der Waals surface area contributed by atoms with Crippen molar-refractivity contribution in [3.8, 4) is 5.75 Å². The van der Waals surface area contributed by atoms with Crippen LogP contribution in [0.25, 0.3) is 0 Å². The molecular weight excluding hydrogens is 258 g/mol. The minimum atomic E-state index is 0.225. The number of thiocarbonyl (C=S) groups is 1. The Balaban J connectivity index is 1.84. The van der Waals surface area contributed by atoms with Crippen LogP contribution in [0.2, 0.25) is 5.02 Å². The number of rotatable bonds is 6. The van der Waals surface area contributed by atoms with Crippen molar-refractivity contribution < 1.29 is 9.47 Å². The molecule has 0 unspecified atom stereocenters. The Bertz CT molecular complexity index is 421. The summed E-state index contributed by atoms with van der Waals surface area (Å²) in [6.45, 7) is 0.991. The average molecular weight is 272 g/mol. The van der Waals surface area contributed by atoms with Gasteiger partial charge in [0.1, 0.15) is 10.7 Å². The van der Waals surface area contributed by atoms with E-state index in [0.717, 1.165) is 18.1 Å². The molecule has 0 atom stereocenters. The molecule has 3 nitrogen and oxygen atoms in total. The fraction of sp³-hybridized carbons (Fsp3) is 0.417. The van der Waals surface area contributed by atoms with E-state index >= 15 is 0 Å². The summed E-state index contributed by atoms with van der Waals surface area (Å²) < 4.78 is 10.8. The zero-order valence-electron chi connectivity index (χ0n) is 9.32. The van der Waals surface area contributed by atoms with E-state index in [1.54, 1.807) is 18.2 Å². The molecule has 0 amide bonds. The number of nitrogens with two attached hydrogens (primary N) is 1. The molecule has 1 saturated carbocycles. The van der Waals surface area contributed by atoms with Crippen molar-refractivity contribution in [2.75, 3.05) is 13.4 Å². The van der Waals surface area contributed by atoms with Gasteiger partial charge in [0.2, 0.25) is 0 Å². The highest BCUT2D eigenvalue weighted by Gasteiger charge is 2.21. The second-order valence-electron chi connectivity index (χ2n) is 4.09. The van der Waals surface area contributed by atoms with Crippen molar-refractivity contribution in [1.29, 1.82) is 0 Å². The molecule has 0 saturated heterocycles. The summed E-state index contributed by atoms with van der Waals surface area (Å²) in [6.07, 6.45) is 2.53. The van der Waals surface area contributed by atoms with E-state index in [0.29, 0.717) is 15.8 Å².